The van der Waals surface area contributed by atoms with Crippen LogP contribution in [0.3, 0.4) is 0 Å². The zero-order valence-electron chi connectivity index (χ0n) is 12.6. The molecule has 0 spiro atoms. The van der Waals surface area contributed by atoms with Crippen LogP contribution in [0.4, 0.5) is 0 Å². The number of hydrogen-bond donors (Lipinski definition) is 2. The summed E-state index contributed by atoms with van der Waals surface area (Å²) in [4.78, 5) is 6.70. The van der Waals surface area contributed by atoms with Crippen molar-refractivity contribution in [2.24, 2.45) is 10.7 Å². The maximum absolute atomic E-state index is 5.77. The van der Waals surface area contributed by atoms with Gasteiger partial charge in [-0.05, 0) is 34.1 Å². The first-order chi connectivity index (χ1) is 7.99. The van der Waals surface area contributed by atoms with E-state index in [2.05, 4.69) is 49.8 Å². The van der Waals surface area contributed by atoms with Gasteiger partial charge in [-0.3, -0.25) is 9.89 Å². The second-order valence-electron chi connectivity index (χ2n) is 4.97. The maximum atomic E-state index is 5.77. The van der Waals surface area contributed by atoms with E-state index in [4.69, 9.17) is 5.73 Å². The van der Waals surface area contributed by atoms with Crippen molar-refractivity contribution in [3.8, 4) is 0 Å². The van der Waals surface area contributed by atoms with Gasteiger partial charge in [0.25, 0.3) is 0 Å². The normalized spacial score (nSPS) is 12.1. The standard InChI is InChI=1S/C13H30N4.HI/c1-6-7-8-15-13(14)16-9-10-17(11(2)3)12(4)5;/h11-12H,6-10H2,1-5H3,(H3,14,15,16);1H. The van der Waals surface area contributed by atoms with Crippen molar-refractivity contribution in [3.05, 3.63) is 0 Å². The monoisotopic (exact) mass is 370 g/mol. The molecule has 0 rings (SSSR count). The molecule has 0 aliphatic heterocycles. The molecule has 110 valence electrons. The lowest BCUT2D eigenvalue weighted by molar-refractivity contribution is 0.178. The number of rotatable bonds is 8. The first kappa shape index (κ1) is 20.3. The topological polar surface area (TPSA) is 53.6 Å². The quantitative estimate of drug-likeness (QED) is 0.299. The smallest absolute Gasteiger partial charge is 0.188 e. The average Bonchev–Trinajstić information content (AvgIpc) is 2.23. The van der Waals surface area contributed by atoms with Crippen LogP contribution < -0.4 is 11.1 Å². The molecule has 5 heteroatoms. The minimum absolute atomic E-state index is 0. The summed E-state index contributed by atoms with van der Waals surface area (Å²) in [5.41, 5.74) is 5.77. The average molecular weight is 370 g/mol. The number of nitrogens with one attached hydrogen (secondary N) is 1. The van der Waals surface area contributed by atoms with E-state index in [0.29, 0.717) is 18.0 Å². The molecular weight excluding hydrogens is 339 g/mol. The zero-order valence-corrected chi connectivity index (χ0v) is 14.9. The SMILES string of the molecule is CCCCN=C(N)NCCN(C(C)C)C(C)C.I. The van der Waals surface area contributed by atoms with Gasteiger partial charge >= 0.3 is 0 Å². The van der Waals surface area contributed by atoms with Gasteiger partial charge in [-0.25, -0.2) is 0 Å². The van der Waals surface area contributed by atoms with Crippen LogP contribution in [0, 0.1) is 0 Å². The van der Waals surface area contributed by atoms with Gasteiger partial charge in [-0.15, -0.1) is 24.0 Å². The summed E-state index contributed by atoms with van der Waals surface area (Å²) < 4.78 is 0. The van der Waals surface area contributed by atoms with E-state index in [1.54, 1.807) is 0 Å². The van der Waals surface area contributed by atoms with E-state index >= 15 is 0 Å². The predicted octanol–water partition coefficient (Wildman–Crippen LogP) is 2.43. The van der Waals surface area contributed by atoms with Crippen LogP contribution in [0.5, 0.6) is 0 Å². The Hall–Kier alpha value is -0.0400. The third-order valence-electron chi connectivity index (χ3n) is 2.80. The van der Waals surface area contributed by atoms with Gasteiger partial charge in [0.05, 0.1) is 0 Å². The molecule has 0 amide bonds. The van der Waals surface area contributed by atoms with Crippen LogP contribution in [-0.2, 0) is 0 Å². The Labute approximate surface area is 130 Å². The van der Waals surface area contributed by atoms with Crippen molar-refractivity contribution in [1.29, 1.82) is 0 Å². The van der Waals surface area contributed by atoms with E-state index in [-0.39, 0.29) is 24.0 Å². The Kier molecular flexibility index (Phi) is 13.5. The second-order valence-corrected chi connectivity index (χ2v) is 4.97. The van der Waals surface area contributed by atoms with Crippen molar-refractivity contribution in [2.75, 3.05) is 19.6 Å². The highest BCUT2D eigenvalue weighted by Crippen LogP contribution is 2.02. The van der Waals surface area contributed by atoms with Gasteiger partial charge < -0.3 is 11.1 Å². The molecule has 0 bridgehead atoms. The summed E-state index contributed by atoms with van der Waals surface area (Å²) in [6, 6.07) is 1.13. The number of guanidine groups is 1. The third-order valence-corrected chi connectivity index (χ3v) is 2.80. The molecule has 0 radical (unpaired) electrons. The second kappa shape index (κ2) is 12.0. The highest BCUT2D eigenvalue weighted by atomic mass is 127. The van der Waals surface area contributed by atoms with Gasteiger partial charge in [0, 0.05) is 31.7 Å². The number of hydrogen-bond acceptors (Lipinski definition) is 2. The molecule has 0 fully saturated rings. The lowest BCUT2D eigenvalue weighted by Crippen LogP contribution is -2.44. The predicted molar refractivity (Wildman–Crippen MR) is 91.8 cm³/mol. The fourth-order valence-electron chi connectivity index (χ4n) is 1.84. The van der Waals surface area contributed by atoms with Gasteiger partial charge in [-0.1, -0.05) is 13.3 Å². The van der Waals surface area contributed by atoms with Crippen LogP contribution in [0.2, 0.25) is 0 Å². The molecule has 3 N–H and O–H groups in total. The number of halogens is 1. The summed E-state index contributed by atoms with van der Waals surface area (Å²) in [5, 5.41) is 3.17. The summed E-state index contributed by atoms with van der Waals surface area (Å²) in [7, 11) is 0. The maximum Gasteiger partial charge on any atom is 0.188 e. The van der Waals surface area contributed by atoms with E-state index < -0.39 is 0 Å². The highest BCUT2D eigenvalue weighted by Gasteiger charge is 2.12. The third kappa shape index (κ3) is 9.94. The summed E-state index contributed by atoms with van der Waals surface area (Å²) in [5.74, 6) is 0.575. The lowest BCUT2D eigenvalue weighted by Gasteiger charge is -2.30. The Morgan fingerprint density at radius 2 is 1.78 bits per heavy atom. The molecule has 4 nitrogen and oxygen atoms in total. The first-order valence-corrected chi connectivity index (χ1v) is 6.78. The Morgan fingerprint density at radius 3 is 2.22 bits per heavy atom. The molecule has 18 heavy (non-hydrogen) atoms. The first-order valence-electron chi connectivity index (χ1n) is 6.78. The van der Waals surface area contributed by atoms with Crippen LogP contribution in [-0.4, -0.2) is 42.6 Å². The minimum Gasteiger partial charge on any atom is -0.370 e. The molecule has 0 saturated carbocycles. The largest absolute Gasteiger partial charge is 0.370 e. The molecule has 0 heterocycles. The van der Waals surface area contributed by atoms with E-state index in [1.165, 1.54) is 0 Å². The molecule has 0 aromatic rings. The van der Waals surface area contributed by atoms with E-state index in [9.17, 15) is 0 Å². The molecule has 0 aromatic heterocycles. The lowest BCUT2D eigenvalue weighted by atomic mass is 10.2. The van der Waals surface area contributed by atoms with Gasteiger partial charge in [0.1, 0.15) is 0 Å². The van der Waals surface area contributed by atoms with Crippen molar-refractivity contribution in [3.63, 3.8) is 0 Å². The summed E-state index contributed by atoms with van der Waals surface area (Å²) >= 11 is 0. The molecule has 0 aliphatic rings. The number of nitrogens with zero attached hydrogens (tertiary/aromatic N) is 2. The summed E-state index contributed by atoms with van der Waals surface area (Å²) in [6.45, 7) is 13.7. The van der Waals surface area contributed by atoms with Crippen LogP contribution in [0.15, 0.2) is 4.99 Å². The number of aliphatic imine (C=N–C) groups is 1. The number of unbranched alkanes of at least 4 members (excludes halogenated alkanes) is 1. The van der Waals surface area contributed by atoms with Gasteiger partial charge in [-0.2, -0.15) is 0 Å². The summed E-state index contributed by atoms with van der Waals surface area (Å²) in [6.07, 6.45) is 2.26. The van der Waals surface area contributed by atoms with Crippen molar-refractivity contribution >= 4 is 29.9 Å². The fourth-order valence-corrected chi connectivity index (χ4v) is 1.84. The van der Waals surface area contributed by atoms with Gasteiger partial charge in [0.15, 0.2) is 5.96 Å². The van der Waals surface area contributed by atoms with Crippen LogP contribution in [0.25, 0.3) is 0 Å². The van der Waals surface area contributed by atoms with Crippen LogP contribution in [0.1, 0.15) is 47.5 Å². The number of nitrogens with two attached hydrogens (primary N) is 1. The Bertz CT molecular complexity index is 209. The fraction of sp³-hybridized carbons (Fsp3) is 0.923. The molecule has 0 atom stereocenters. The van der Waals surface area contributed by atoms with Gasteiger partial charge in [0.2, 0.25) is 0 Å². The van der Waals surface area contributed by atoms with Crippen molar-refractivity contribution in [2.45, 2.75) is 59.5 Å². The van der Waals surface area contributed by atoms with Crippen molar-refractivity contribution < 1.29 is 0 Å². The molecule has 0 saturated heterocycles. The minimum atomic E-state index is 0. The Balaban J connectivity index is 0. The highest BCUT2D eigenvalue weighted by molar-refractivity contribution is 14.0. The molecule has 0 aliphatic carbocycles. The molecular formula is C13H31IN4. The Morgan fingerprint density at radius 1 is 1.22 bits per heavy atom. The van der Waals surface area contributed by atoms with Crippen LogP contribution >= 0.6 is 24.0 Å². The van der Waals surface area contributed by atoms with E-state index in [0.717, 1.165) is 32.5 Å². The molecule has 0 unspecified atom stereocenters. The molecule has 0 aromatic carbocycles. The van der Waals surface area contributed by atoms with Crippen molar-refractivity contribution in [1.82, 2.24) is 10.2 Å². The zero-order chi connectivity index (χ0) is 13.3. The van der Waals surface area contributed by atoms with E-state index in [1.807, 2.05) is 0 Å².